The second-order valence-electron chi connectivity index (χ2n) is 7.49. The van der Waals surface area contributed by atoms with Gasteiger partial charge in [-0.25, -0.2) is 9.18 Å². The Bertz CT molecular complexity index is 968. The van der Waals surface area contributed by atoms with Crippen LogP contribution in [0.15, 0.2) is 53.9 Å². The molecule has 9 heteroatoms. The molecule has 3 amide bonds. The lowest BCUT2D eigenvalue weighted by molar-refractivity contribution is -0.115. The summed E-state index contributed by atoms with van der Waals surface area (Å²) in [4.78, 5) is 36.3. The summed E-state index contributed by atoms with van der Waals surface area (Å²) in [6.07, 6.45) is 5.08. The van der Waals surface area contributed by atoms with Gasteiger partial charge in [0.05, 0.1) is 6.54 Å². The zero-order chi connectivity index (χ0) is 21.0. The van der Waals surface area contributed by atoms with Gasteiger partial charge in [0, 0.05) is 37.6 Å². The molecule has 0 radical (unpaired) electrons. The molecule has 0 saturated carbocycles. The maximum Gasteiger partial charge on any atom is 0.321 e. The number of pyridine rings is 1. The van der Waals surface area contributed by atoms with E-state index in [-0.39, 0.29) is 11.9 Å². The van der Waals surface area contributed by atoms with E-state index in [1.807, 2.05) is 12.1 Å². The first-order valence-electron chi connectivity index (χ1n) is 9.77. The van der Waals surface area contributed by atoms with Gasteiger partial charge < -0.3 is 20.4 Å². The third kappa shape index (κ3) is 4.56. The number of nitrogens with zero attached hydrogens (tertiary/aromatic N) is 3. The Labute approximate surface area is 173 Å². The van der Waals surface area contributed by atoms with E-state index in [1.54, 1.807) is 23.4 Å². The van der Waals surface area contributed by atoms with Crippen LogP contribution in [0.25, 0.3) is 0 Å². The molecule has 0 aliphatic carbocycles. The zero-order valence-electron chi connectivity index (χ0n) is 16.3. The molecule has 1 fully saturated rings. The summed E-state index contributed by atoms with van der Waals surface area (Å²) in [6.45, 7) is 1.23. The van der Waals surface area contributed by atoms with Crippen molar-refractivity contribution < 1.29 is 18.8 Å². The first-order valence-corrected chi connectivity index (χ1v) is 9.77. The largest absolute Gasteiger partial charge is 0.386 e. The van der Waals surface area contributed by atoms with Crippen molar-refractivity contribution in [3.8, 4) is 0 Å². The highest BCUT2D eigenvalue weighted by Gasteiger charge is 2.45. The molecule has 2 aliphatic heterocycles. The Kier molecular flexibility index (Phi) is 5.60. The predicted molar refractivity (Wildman–Crippen MR) is 108 cm³/mol. The molecular formula is C21H22FN5O3. The Morgan fingerprint density at radius 3 is 2.87 bits per heavy atom. The second-order valence-corrected chi connectivity index (χ2v) is 7.49. The number of halogens is 1. The van der Waals surface area contributed by atoms with Crippen molar-refractivity contribution in [3.63, 3.8) is 0 Å². The van der Waals surface area contributed by atoms with Crippen LogP contribution in [-0.2, 0) is 16.2 Å². The molecule has 2 N–H and O–H groups in total. The minimum Gasteiger partial charge on any atom is -0.386 e. The molecule has 1 saturated heterocycles. The van der Waals surface area contributed by atoms with Crippen molar-refractivity contribution >= 4 is 23.3 Å². The molecule has 156 valence electrons. The van der Waals surface area contributed by atoms with E-state index in [0.29, 0.717) is 43.9 Å². The quantitative estimate of drug-likeness (QED) is 0.809. The molecule has 0 bridgehead atoms. The van der Waals surface area contributed by atoms with Gasteiger partial charge >= 0.3 is 6.03 Å². The highest BCUT2D eigenvalue weighted by molar-refractivity contribution is 6.39. The third-order valence-electron chi connectivity index (χ3n) is 5.21. The highest BCUT2D eigenvalue weighted by Crippen LogP contribution is 2.33. The summed E-state index contributed by atoms with van der Waals surface area (Å²) in [7, 11) is 0. The van der Waals surface area contributed by atoms with E-state index < -0.39 is 11.4 Å². The van der Waals surface area contributed by atoms with Crippen LogP contribution in [0.2, 0.25) is 0 Å². The summed E-state index contributed by atoms with van der Waals surface area (Å²) in [5.74, 6) is -0.706. The number of hydrogen-bond donors (Lipinski definition) is 2. The summed E-state index contributed by atoms with van der Waals surface area (Å²) < 4.78 is 13.3. The van der Waals surface area contributed by atoms with Crippen molar-refractivity contribution in [1.82, 2.24) is 15.2 Å². The number of oxime groups is 1. The van der Waals surface area contributed by atoms with Gasteiger partial charge in [-0.05, 0) is 48.7 Å². The number of carbonyl (C=O) groups excluding carboxylic acids is 2. The molecule has 1 aromatic carbocycles. The molecule has 3 heterocycles. The molecular weight excluding hydrogens is 389 g/mol. The van der Waals surface area contributed by atoms with Gasteiger partial charge in [-0.1, -0.05) is 11.2 Å². The molecule has 0 unspecified atom stereocenters. The van der Waals surface area contributed by atoms with Gasteiger partial charge in [0.25, 0.3) is 5.91 Å². The highest BCUT2D eigenvalue weighted by atomic mass is 19.1. The van der Waals surface area contributed by atoms with Crippen molar-refractivity contribution in [2.45, 2.75) is 31.4 Å². The predicted octanol–water partition coefficient (Wildman–Crippen LogP) is 2.68. The lowest BCUT2D eigenvalue weighted by atomic mass is 9.88. The molecule has 1 aromatic heterocycles. The van der Waals surface area contributed by atoms with Gasteiger partial charge in [-0.2, -0.15) is 0 Å². The van der Waals surface area contributed by atoms with Crippen molar-refractivity contribution in [3.05, 3.63) is 60.2 Å². The molecule has 1 spiro atoms. The fourth-order valence-corrected chi connectivity index (χ4v) is 3.69. The average Bonchev–Trinajstić information content (AvgIpc) is 3.16. The SMILES string of the molecule is O=C(NCc1ccncc1)C1=NO[C@@]2(CCCN(C(=O)Nc3cccc(F)c3)C2)C1. The second kappa shape index (κ2) is 8.48. The fourth-order valence-electron chi connectivity index (χ4n) is 3.69. The molecule has 8 nitrogen and oxygen atoms in total. The number of urea groups is 1. The van der Waals surface area contributed by atoms with E-state index in [4.69, 9.17) is 4.84 Å². The van der Waals surface area contributed by atoms with Crippen LogP contribution < -0.4 is 10.6 Å². The number of nitrogens with one attached hydrogen (secondary N) is 2. The summed E-state index contributed by atoms with van der Waals surface area (Å²) in [5, 5.41) is 9.53. The van der Waals surface area contributed by atoms with E-state index >= 15 is 0 Å². The molecule has 1 atom stereocenters. The normalized spacial score (nSPS) is 20.4. The first kappa shape index (κ1) is 19.8. The van der Waals surface area contributed by atoms with Crippen molar-refractivity contribution in [1.29, 1.82) is 0 Å². The van der Waals surface area contributed by atoms with Gasteiger partial charge in [0.15, 0.2) is 5.60 Å². The van der Waals surface area contributed by atoms with Crippen molar-refractivity contribution in [2.75, 3.05) is 18.4 Å². The number of rotatable bonds is 4. The Balaban J connectivity index is 1.33. The van der Waals surface area contributed by atoms with Crippen molar-refractivity contribution in [2.24, 2.45) is 5.16 Å². The number of anilines is 1. The minimum atomic E-state index is -0.707. The lowest BCUT2D eigenvalue weighted by Crippen LogP contribution is -2.52. The van der Waals surface area contributed by atoms with Gasteiger partial charge in [0.2, 0.25) is 0 Å². The van der Waals surface area contributed by atoms with E-state index in [2.05, 4.69) is 20.8 Å². The molecule has 2 aliphatic rings. The molecule has 2 aromatic rings. The molecule has 30 heavy (non-hydrogen) atoms. The minimum absolute atomic E-state index is 0.287. The first-order chi connectivity index (χ1) is 14.5. The third-order valence-corrected chi connectivity index (χ3v) is 5.21. The number of aromatic nitrogens is 1. The standard InChI is InChI=1S/C21H22FN5O3/c22-16-3-1-4-17(11-16)25-20(29)27-10-2-7-21(14-27)12-18(26-30-21)19(28)24-13-15-5-8-23-9-6-15/h1,3-6,8-9,11H,2,7,10,12-14H2,(H,24,28)(H,25,29)/t21-/m0/s1. The smallest absolute Gasteiger partial charge is 0.321 e. The van der Waals surface area contributed by atoms with Crippen LogP contribution in [0.4, 0.5) is 14.9 Å². The monoisotopic (exact) mass is 411 g/mol. The molecule has 4 rings (SSSR count). The zero-order valence-corrected chi connectivity index (χ0v) is 16.3. The van der Waals surface area contributed by atoms with Crippen LogP contribution in [-0.4, -0.2) is 46.2 Å². The maximum atomic E-state index is 13.3. The Hall–Kier alpha value is -3.49. The topological polar surface area (TPSA) is 95.9 Å². The van der Waals surface area contributed by atoms with Crippen LogP contribution in [0.5, 0.6) is 0 Å². The van der Waals surface area contributed by atoms with Gasteiger partial charge in [-0.15, -0.1) is 0 Å². The van der Waals surface area contributed by atoms with Gasteiger partial charge in [0.1, 0.15) is 11.5 Å². The van der Waals surface area contributed by atoms with Gasteiger partial charge in [-0.3, -0.25) is 9.78 Å². The number of benzene rings is 1. The average molecular weight is 411 g/mol. The van der Waals surface area contributed by atoms with E-state index in [1.165, 1.54) is 18.2 Å². The Morgan fingerprint density at radius 1 is 1.23 bits per heavy atom. The summed E-state index contributed by atoms with van der Waals surface area (Å²) in [5.41, 5.74) is 0.933. The maximum absolute atomic E-state index is 13.3. The summed E-state index contributed by atoms with van der Waals surface area (Å²) in [6, 6.07) is 9.05. The van der Waals surface area contributed by atoms with E-state index in [9.17, 15) is 14.0 Å². The number of hydrogen-bond acceptors (Lipinski definition) is 5. The lowest BCUT2D eigenvalue weighted by Gasteiger charge is -2.38. The number of carbonyl (C=O) groups is 2. The number of likely N-dealkylation sites (tertiary alicyclic amines) is 1. The number of piperidine rings is 1. The van der Waals surface area contributed by atoms with Crippen LogP contribution >= 0.6 is 0 Å². The Morgan fingerprint density at radius 2 is 2.07 bits per heavy atom. The summed E-state index contributed by atoms with van der Waals surface area (Å²) >= 11 is 0. The number of amides is 3. The van der Waals surface area contributed by atoms with E-state index in [0.717, 1.165) is 12.0 Å². The van der Waals surface area contributed by atoms with Crippen LogP contribution in [0, 0.1) is 5.82 Å². The van der Waals surface area contributed by atoms with Crippen LogP contribution in [0.1, 0.15) is 24.8 Å². The fraction of sp³-hybridized carbons (Fsp3) is 0.333. The van der Waals surface area contributed by atoms with Crippen LogP contribution in [0.3, 0.4) is 0 Å².